The van der Waals surface area contributed by atoms with Crippen molar-refractivity contribution in [1.82, 2.24) is 15.8 Å². The molecule has 0 bridgehead atoms. The minimum Gasteiger partial charge on any atom is -0.443 e. The smallest absolute Gasteiger partial charge is 0.435 e. The van der Waals surface area contributed by atoms with E-state index in [9.17, 15) is 14.4 Å². The van der Waals surface area contributed by atoms with E-state index < -0.39 is 12.2 Å². The highest BCUT2D eigenvalue weighted by molar-refractivity contribution is 6.02. The molecule has 3 aromatic rings. The molecule has 3 amide bonds. The van der Waals surface area contributed by atoms with Crippen LogP contribution in [-0.4, -0.2) is 54.6 Å². The molecule has 1 atom stereocenters. The second kappa shape index (κ2) is 14.6. The molecule has 3 aromatic carbocycles. The van der Waals surface area contributed by atoms with E-state index >= 15 is 0 Å². The van der Waals surface area contributed by atoms with Gasteiger partial charge in [0.2, 0.25) is 5.91 Å². The Morgan fingerprint density at radius 1 is 0.950 bits per heavy atom. The molecule has 0 aliphatic carbocycles. The van der Waals surface area contributed by atoms with E-state index in [0.29, 0.717) is 25.3 Å². The number of hydrogen-bond donors (Lipinski definition) is 3. The first kappa shape index (κ1) is 28.5. The van der Waals surface area contributed by atoms with E-state index in [2.05, 4.69) is 15.7 Å². The number of aliphatic imine (C=N–C) groups is 1. The quantitative estimate of drug-likeness (QED) is 0.250. The van der Waals surface area contributed by atoms with Gasteiger partial charge >= 0.3 is 6.09 Å². The van der Waals surface area contributed by atoms with Crippen molar-refractivity contribution < 1.29 is 23.9 Å². The zero-order chi connectivity index (χ0) is 28.2. The molecule has 4 rings (SSSR count). The second-order valence-corrected chi connectivity index (χ2v) is 9.21. The van der Waals surface area contributed by atoms with E-state index in [0.717, 1.165) is 17.5 Å². The van der Waals surface area contributed by atoms with Crippen LogP contribution in [0.5, 0.6) is 0 Å². The van der Waals surface area contributed by atoms with Crippen LogP contribution in [0, 0.1) is 0 Å². The highest BCUT2D eigenvalue weighted by Gasteiger charge is 2.31. The summed E-state index contributed by atoms with van der Waals surface area (Å²) in [5.74, 6) is -0.518. The standard InChI is InChI=1S/C30H33N5O5/c31-28(34-30(38)40-21-24-9-5-2-6-10-24)25-13-11-23(12-14-25)20-32-27(36)19-26-29(37)35(17-18-39-26)33-16-15-22-7-3-1-4-8-22/h1-14,26,33H,15-21H2,(H,32,36)(H2,31,34,38)/t26-/m1/s1. The molecular formula is C30H33N5O5. The largest absolute Gasteiger partial charge is 0.443 e. The molecule has 1 fully saturated rings. The molecule has 208 valence electrons. The fourth-order valence-corrected chi connectivity index (χ4v) is 4.07. The van der Waals surface area contributed by atoms with Crippen molar-refractivity contribution in [3.8, 4) is 0 Å². The van der Waals surface area contributed by atoms with Gasteiger partial charge in [-0.15, -0.1) is 0 Å². The molecular weight excluding hydrogens is 510 g/mol. The number of amides is 3. The molecule has 0 unspecified atom stereocenters. The van der Waals surface area contributed by atoms with E-state index in [1.165, 1.54) is 10.6 Å². The fourth-order valence-electron chi connectivity index (χ4n) is 4.07. The highest BCUT2D eigenvalue weighted by atomic mass is 16.5. The first-order chi connectivity index (χ1) is 19.5. The van der Waals surface area contributed by atoms with Crippen molar-refractivity contribution in [3.63, 3.8) is 0 Å². The summed E-state index contributed by atoms with van der Waals surface area (Å²) in [6.45, 7) is 1.75. The molecule has 1 aliphatic rings. The number of ether oxygens (including phenoxy) is 2. The maximum atomic E-state index is 12.8. The Balaban J connectivity index is 1.19. The maximum Gasteiger partial charge on any atom is 0.435 e. The Labute approximate surface area is 233 Å². The number of nitrogens with two attached hydrogens (primary N) is 1. The van der Waals surface area contributed by atoms with Gasteiger partial charge in [-0.05, 0) is 23.1 Å². The third kappa shape index (κ3) is 8.75. The van der Waals surface area contributed by atoms with Crippen LogP contribution in [-0.2, 0) is 38.6 Å². The van der Waals surface area contributed by atoms with Crippen molar-refractivity contribution in [2.24, 2.45) is 10.7 Å². The van der Waals surface area contributed by atoms with E-state index in [1.807, 2.05) is 60.7 Å². The van der Waals surface area contributed by atoms with Gasteiger partial charge in [-0.25, -0.2) is 10.2 Å². The van der Waals surface area contributed by atoms with Gasteiger partial charge in [0.05, 0.1) is 19.6 Å². The third-order valence-corrected chi connectivity index (χ3v) is 6.26. The summed E-state index contributed by atoms with van der Waals surface area (Å²) in [7, 11) is 0. The van der Waals surface area contributed by atoms with Gasteiger partial charge in [0.15, 0.2) is 0 Å². The lowest BCUT2D eigenvalue weighted by molar-refractivity contribution is -0.159. The van der Waals surface area contributed by atoms with Crippen molar-refractivity contribution in [2.45, 2.75) is 32.1 Å². The first-order valence-corrected chi connectivity index (χ1v) is 13.1. The molecule has 1 saturated heterocycles. The molecule has 0 saturated carbocycles. The summed E-state index contributed by atoms with van der Waals surface area (Å²) in [6, 6.07) is 26.2. The monoisotopic (exact) mass is 543 g/mol. The summed E-state index contributed by atoms with van der Waals surface area (Å²) in [4.78, 5) is 41.1. The number of hydrogen-bond acceptors (Lipinski definition) is 6. The van der Waals surface area contributed by atoms with Crippen LogP contribution in [0.2, 0.25) is 0 Å². The number of nitrogens with zero attached hydrogens (tertiary/aromatic N) is 2. The Morgan fingerprint density at radius 2 is 1.62 bits per heavy atom. The topological polar surface area (TPSA) is 135 Å². The summed E-state index contributed by atoms with van der Waals surface area (Å²) >= 11 is 0. The van der Waals surface area contributed by atoms with E-state index in [1.54, 1.807) is 24.3 Å². The Kier molecular flexibility index (Phi) is 10.4. The lowest BCUT2D eigenvalue weighted by Crippen LogP contribution is -2.55. The van der Waals surface area contributed by atoms with Crippen LogP contribution < -0.4 is 16.5 Å². The summed E-state index contributed by atoms with van der Waals surface area (Å²) < 4.78 is 10.7. The Bertz CT molecular complexity index is 1300. The lowest BCUT2D eigenvalue weighted by atomic mass is 10.1. The predicted octanol–water partition coefficient (Wildman–Crippen LogP) is 2.71. The van der Waals surface area contributed by atoms with Crippen LogP contribution in [0.25, 0.3) is 0 Å². The molecule has 10 heteroatoms. The Hall–Kier alpha value is -4.54. The molecule has 0 radical (unpaired) electrons. The summed E-state index contributed by atoms with van der Waals surface area (Å²) in [6.07, 6.45) is -0.899. The zero-order valence-corrected chi connectivity index (χ0v) is 22.1. The van der Waals surface area contributed by atoms with Crippen LogP contribution in [0.3, 0.4) is 0 Å². The molecule has 40 heavy (non-hydrogen) atoms. The molecule has 4 N–H and O–H groups in total. The fraction of sp³-hybridized carbons (Fsp3) is 0.267. The normalized spacial score (nSPS) is 15.5. The lowest BCUT2D eigenvalue weighted by Gasteiger charge is -2.32. The van der Waals surface area contributed by atoms with E-state index in [4.69, 9.17) is 15.2 Å². The highest BCUT2D eigenvalue weighted by Crippen LogP contribution is 2.11. The zero-order valence-electron chi connectivity index (χ0n) is 22.1. The van der Waals surface area contributed by atoms with Crippen LogP contribution >= 0.6 is 0 Å². The van der Waals surface area contributed by atoms with E-state index in [-0.39, 0.29) is 37.2 Å². The van der Waals surface area contributed by atoms with Crippen molar-refractivity contribution in [2.75, 3.05) is 19.7 Å². The predicted molar refractivity (Wildman–Crippen MR) is 150 cm³/mol. The number of carbonyl (C=O) groups is 3. The number of amidine groups is 1. The average Bonchev–Trinajstić information content (AvgIpc) is 2.98. The van der Waals surface area contributed by atoms with Crippen molar-refractivity contribution >= 4 is 23.7 Å². The SMILES string of the molecule is N/C(=N\C(=O)OCc1ccccc1)c1ccc(CNC(=O)C[C@H]2OCCN(NCCc3ccccc3)C2=O)cc1. The van der Waals surface area contributed by atoms with Gasteiger partial charge in [-0.3, -0.25) is 14.6 Å². The van der Waals surface area contributed by atoms with Crippen LogP contribution in [0.1, 0.15) is 28.7 Å². The Morgan fingerprint density at radius 3 is 2.33 bits per heavy atom. The van der Waals surface area contributed by atoms with Crippen molar-refractivity contribution in [3.05, 3.63) is 107 Å². The van der Waals surface area contributed by atoms with Crippen molar-refractivity contribution in [1.29, 1.82) is 0 Å². The molecule has 0 aromatic heterocycles. The molecule has 10 nitrogen and oxygen atoms in total. The molecule has 1 aliphatic heterocycles. The second-order valence-electron chi connectivity index (χ2n) is 9.21. The minimum absolute atomic E-state index is 0.0311. The number of morpholine rings is 1. The number of nitrogens with one attached hydrogen (secondary N) is 2. The van der Waals surface area contributed by atoms with Gasteiger partial charge < -0.3 is 20.5 Å². The van der Waals surface area contributed by atoms with Gasteiger partial charge in [0.1, 0.15) is 18.5 Å². The number of rotatable bonds is 11. The van der Waals surface area contributed by atoms with Gasteiger partial charge in [0.25, 0.3) is 5.91 Å². The van der Waals surface area contributed by atoms with Crippen LogP contribution in [0.4, 0.5) is 4.79 Å². The maximum absolute atomic E-state index is 12.8. The van der Waals surface area contributed by atoms with Gasteiger partial charge in [-0.1, -0.05) is 84.9 Å². The van der Waals surface area contributed by atoms with Gasteiger partial charge in [0, 0.05) is 18.7 Å². The van der Waals surface area contributed by atoms with Crippen LogP contribution in [0.15, 0.2) is 89.9 Å². The summed E-state index contributed by atoms with van der Waals surface area (Å²) in [5, 5.41) is 4.35. The molecule has 1 heterocycles. The molecule has 0 spiro atoms. The average molecular weight is 544 g/mol. The van der Waals surface area contributed by atoms with Gasteiger partial charge in [-0.2, -0.15) is 4.99 Å². The third-order valence-electron chi connectivity index (χ3n) is 6.26. The first-order valence-electron chi connectivity index (χ1n) is 13.1. The number of hydrazine groups is 1. The summed E-state index contributed by atoms with van der Waals surface area (Å²) in [5.41, 5.74) is 12.5. The number of carbonyl (C=O) groups excluding carboxylic acids is 3. The number of benzene rings is 3. The minimum atomic E-state index is -0.835.